The first kappa shape index (κ1) is 16.0. The molecule has 0 heterocycles. The largest absolute Gasteiger partial charge is 0.321 e. The van der Waals surface area contributed by atoms with Crippen molar-refractivity contribution in [3.8, 4) is 0 Å². The van der Waals surface area contributed by atoms with Crippen molar-refractivity contribution in [2.24, 2.45) is 0 Å². The molecule has 0 saturated carbocycles. The number of nitrogens with one attached hydrogen (secondary N) is 2. The maximum atomic E-state index is 12.6. The number of carbonyl (C=O) groups is 1. The molecule has 1 unspecified atom stereocenters. The Hall–Kier alpha value is -2.91. The van der Waals surface area contributed by atoms with Crippen molar-refractivity contribution < 1.29 is 4.79 Å². The Morgan fingerprint density at radius 3 is 1.92 bits per heavy atom. The molecule has 0 aliphatic rings. The summed E-state index contributed by atoms with van der Waals surface area (Å²) in [5, 5.41) is 0. The van der Waals surface area contributed by atoms with E-state index in [-0.39, 0.29) is 11.8 Å². The lowest BCUT2D eigenvalue weighted by molar-refractivity contribution is 0.0970. The van der Waals surface area contributed by atoms with Crippen LogP contribution in [0.4, 0.5) is 5.69 Å². The molecule has 0 bridgehead atoms. The quantitative estimate of drug-likeness (QED) is 0.494. The van der Waals surface area contributed by atoms with Gasteiger partial charge in [-0.1, -0.05) is 78.9 Å². The second-order valence-corrected chi connectivity index (χ2v) is 5.59. The second-order valence-electron chi connectivity index (χ2n) is 5.59. The maximum Gasteiger partial charge on any atom is 0.164 e. The van der Waals surface area contributed by atoms with Gasteiger partial charge < -0.3 is 5.43 Å². The van der Waals surface area contributed by atoms with Crippen LogP contribution in [0.1, 0.15) is 28.4 Å². The minimum Gasteiger partial charge on any atom is -0.321 e. The van der Waals surface area contributed by atoms with Gasteiger partial charge in [0.25, 0.3) is 0 Å². The number of Topliss-reactive ketones (excluding diaryl/α,β-unsaturated/α-hetero) is 1. The highest BCUT2D eigenvalue weighted by Crippen LogP contribution is 2.19. The summed E-state index contributed by atoms with van der Waals surface area (Å²) in [5.41, 5.74) is 9.25. The number of rotatable bonds is 7. The van der Waals surface area contributed by atoms with Gasteiger partial charge >= 0.3 is 0 Å². The van der Waals surface area contributed by atoms with E-state index in [1.807, 2.05) is 91.0 Å². The fourth-order valence-corrected chi connectivity index (χ4v) is 2.56. The van der Waals surface area contributed by atoms with E-state index in [0.29, 0.717) is 6.42 Å². The van der Waals surface area contributed by atoms with Gasteiger partial charge in [-0.15, -0.1) is 0 Å². The zero-order valence-corrected chi connectivity index (χ0v) is 13.4. The molecule has 3 rings (SSSR count). The SMILES string of the molecule is O=C(CC(NNc1ccccc1)c1ccccc1)c1ccccc1. The van der Waals surface area contributed by atoms with Crippen LogP contribution in [0.5, 0.6) is 0 Å². The van der Waals surface area contributed by atoms with Gasteiger partial charge in [0.15, 0.2) is 5.78 Å². The average Bonchev–Trinajstić information content (AvgIpc) is 2.67. The zero-order chi connectivity index (χ0) is 16.6. The van der Waals surface area contributed by atoms with E-state index in [1.165, 1.54) is 0 Å². The van der Waals surface area contributed by atoms with E-state index >= 15 is 0 Å². The van der Waals surface area contributed by atoms with E-state index in [9.17, 15) is 4.79 Å². The van der Waals surface area contributed by atoms with Crippen molar-refractivity contribution in [1.29, 1.82) is 0 Å². The Kier molecular flexibility index (Phi) is 5.38. The van der Waals surface area contributed by atoms with Gasteiger partial charge in [0, 0.05) is 17.7 Å². The highest BCUT2D eigenvalue weighted by molar-refractivity contribution is 5.96. The first-order valence-electron chi connectivity index (χ1n) is 8.03. The number of carbonyl (C=O) groups excluding carboxylic acids is 1. The van der Waals surface area contributed by atoms with Crippen LogP contribution in [-0.2, 0) is 0 Å². The average molecular weight is 316 g/mol. The Morgan fingerprint density at radius 2 is 1.29 bits per heavy atom. The standard InChI is InChI=1S/C21H20N2O/c24-21(18-12-6-2-7-13-18)16-20(17-10-4-1-5-11-17)23-22-19-14-8-3-9-15-19/h1-15,20,22-23H,16H2. The molecule has 0 fully saturated rings. The Bertz CT molecular complexity index is 758. The number of hydrogen-bond acceptors (Lipinski definition) is 3. The molecule has 120 valence electrons. The molecule has 1 atom stereocenters. The molecule has 2 N–H and O–H groups in total. The number of ketones is 1. The summed E-state index contributed by atoms with van der Waals surface area (Å²) in [5.74, 6) is 0.117. The van der Waals surface area contributed by atoms with Crippen LogP contribution in [-0.4, -0.2) is 5.78 Å². The smallest absolute Gasteiger partial charge is 0.164 e. The van der Waals surface area contributed by atoms with Crippen molar-refractivity contribution in [1.82, 2.24) is 5.43 Å². The van der Waals surface area contributed by atoms with E-state index in [2.05, 4.69) is 10.9 Å². The first-order valence-corrected chi connectivity index (χ1v) is 8.03. The summed E-state index contributed by atoms with van der Waals surface area (Å²) in [7, 11) is 0. The molecule has 0 aliphatic heterocycles. The molecule has 3 heteroatoms. The number of hydrogen-bond donors (Lipinski definition) is 2. The molecule has 0 saturated heterocycles. The minimum atomic E-state index is -0.112. The van der Waals surface area contributed by atoms with Crippen LogP contribution in [0.2, 0.25) is 0 Å². The number of hydrazine groups is 1. The predicted octanol–water partition coefficient (Wildman–Crippen LogP) is 4.62. The van der Waals surface area contributed by atoms with Gasteiger partial charge in [-0.05, 0) is 17.7 Å². The Labute approximate surface area is 142 Å². The van der Waals surface area contributed by atoms with Crippen molar-refractivity contribution in [3.63, 3.8) is 0 Å². The highest BCUT2D eigenvalue weighted by atomic mass is 16.1. The van der Waals surface area contributed by atoms with Gasteiger partial charge in [0.1, 0.15) is 0 Å². The van der Waals surface area contributed by atoms with Crippen LogP contribution < -0.4 is 10.9 Å². The van der Waals surface area contributed by atoms with Crippen LogP contribution in [0, 0.1) is 0 Å². The lowest BCUT2D eigenvalue weighted by Gasteiger charge is -2.20. The monoisotopic (exact) mass is 316 g/mol. The Morgan fingerprint density at radius 1 is 0.750 bits per heavy atom. The summed E-state index contributed by atoms with van der Waals surface area (Å²) in [6, 6.07) is 29.2. The van der Waals surface area contributed by atoms with Crippen molar-refractivity contribution >= 4 is 11.5 Å². The van der Waals surface area contributed by atoms with E-state index in [1.54, 1.807) is 0 Å². The van der Waals surface area contributed by atoms with Gasteiger partial charge in [0.05, 0.1) is 6.04 Å². The van der Waals surface area contributed by atoms with Crippen LogP contribution in [0.3, 0.4) is 0 Å². The van der Waals surface area contributed by atoms with Crippen molar-refractivity contribution in [3.05, 3.63) is 102 Å². The second kappa shape index (κ2) is 8.09. The lowest BCUT2D eigenvalue weighted by Crippen LogP contribution is -2.29. The topological polar surface area (TPSA) is 41.1 Å². The molecule has 0 aliphatic carbocycles. The van der Waals surface area contributed by atoms with E-state index in [0.717, 1.165) is 16.8 Å². The predicted molar refractivity (Wildman–Crippen MR) is 97.8 cm³/mol. The van der Waals surface area contributed by atoms with Crippen molar-refractivity contribution in [2.75, 3.05) is 5.43 Å². The lowest BCUT2D eigenvalue weighted by atomic mass is 9.98. The third-order valence-corrected chi connectivity index (χ3v) is 3.85. The van der Waals surface area contributed by atoms with E-state index in [4.69, 9.17) is 0 Å². The number of benzene rings is 3. The van der Waals surface area contributed by atoms with Crippen LogP contribution in [0.15, 0.2) is 91.0 Å². The van der Waals surface area contributed by atoms with Gasteiger partial charge in [-0.3, -0.25) is 4.79 Å². The third-order valence-electron chi connectivity index (χ3n) is 3.85. The normalized spacial score (nSPS) is 11.7. The van der Waals surface area contributed by atoms with Gasteiger partial charge in [0.2, 0.25) is 0 Å². The summed E-state index contributed by atoms with van der Waals surface area (Å²) in [6.45, 7) is 0. The number of anilines is 1. The molecular formula is C21H20N2O. The fraction of sp³-hybridized carbons (Fsp3) is 0.0952. The summed E-state index contributed by atoms with van der Waals surface area (Å²) >= 11 is 0. The molecular weight excluding hydrogens is 296 g/mol. The summed E-state index contributed by atoms with van der Waals surface area (Å²) in [6.07, 6.45) is 0.383. The minimum absolute atomic E-state index is 0.112. The fourth-order valence-electron chi connectivity index (χ4n) is 2.56. The zero-order valence-electron chi connectivity index (χ0n) is 13.4. The number of para-hydroxylation sites is 1. The van der Waals surface area contributed by atoms with E-state index < -0.39 is 0 Å². The molecule has 0 spiro atoms. The first-order chi connectivity index (χ1) is 11.8. The molecule has 24 heavy (non-hydrogen) atoms. The van der Waals surface area contributed by atoms with Crippen LogP contribution >= 0.6 is 0 Å². The van der Waals surface area contributed by atoms with Gasteiger partial charge in [-0.2, -0.15) is 0 Å². The molecule has 0 aromatic heterocycles. The maximum absolute atomic E-state index is 12.6. The van der Waals surface area contributed by atoms with Crippen LogP contribution in [0.25, 0.3) is 0 Å². The molecule has 0 radical (unpaired) electrons. The molecule has 3 nitrogen and oxygen atoms in total. The molecule has 0 amide bonds. The van der Waals surface area contributed by atoms with Gasteiger partial charge in [-0.25, -0.2) is 5.43 Å². The highest BCUT2D eigenvalue weighted by Gasteiger charge is 2.16. The van der Waals surface area contributed by atoms with Crippen molar-refractivity contribution in [2.45, 2.75) is 12.5 Å². The Balaban J connectivity index is 1.74. The summed E-state index contributed by atoms with van der Waals surface area (Å²) in [4.78, 5) is 12.6. The summed E-state index contributed by atoms with van der Waals surface area (Å²) < 4.78 is 0. The molecule has 3 aromatic rings. The third kappa shape index (κ3) is 4.31. The molecule has 3 aromatic carbocycles.